The van der Waals surface area contributed by atoms with Gasteiger partial charge in [0.15, 0.2) is 0 Å². The molecule has 1 aliphatic rings. The minimum absolute atomic E-state index is 0.0883. The van der Waals surface area contributed by atoms with E-state index in [2.05, 4.69) is 31.2 Å². The van der Waals surface area contributed by atoms with E-state index in [1.807, 2.05) is 34.9 Å². The molecule has 24 heavy (non-hydrogen) atoms. The van der Waals surface area contributed by atoms with Gasteiger partial charge in [-0.2, -0.15) is 0 Å². The molecule has 0 radical (unpaired) electrons. The number of imide groups is 2. The van der Waals surface area contributed by atoms with Crippen LogP contribution in [0.1, 0.15) is 18.1 Å². The number of carbonyl (C=O) groups is 3. The van der Waals surface area contributed by atoms with E-state index in [-0.39, 0.29) is 5.57 Å². The summed E-state index contributed by atoms with van der Waals surface area (Å²) in [6.07, 6.45) is 2.46. The number of aryl methyl sites for hydroxylation is 1. The Morgan fingerprint density at radius 2 is 1.29 bits per heavy atom. The fraction of sp³-hybridized carbons (Fsp3) is 0.105. The van der Waals surface area contributed by atoms with Crippen LogP contribution in [-0.4, -0.2) is 17.8 Å². The Morgan fingerprint density at radius 1 is 0.792 bits per heavy atom. The van der Waals surface area contributed by atoms with Crippen LogP contribution in [0.25, 0.3) is 17.2 Å². The van der Waals surface area contributed by atoms with Crippen LogP contribution in [0, 0.1) is 0 Å². The molecular weight excluding hydrogens is 304 g/mol. The zero-order valence-electron chi connectivity index (χ0n) is 13.1. The summed E-state index contributed by atoms with van der Waals surface area (Å²) in [5, 5.41) is 4.10. The van der Waals surface area contributed by atoms with Gasteiger partial charge >= 0.3 is 6.03 Å². The summed E-state index contributed by atoms with van der Waals surface area (Å²) in [5.41, 5.74) is 4.05. The van der Waals surface area contributed by atoms with Gasteiger partial charge in [0, 0.05) is 0 Å². The lowest BCUT2D eigenvalue weighted by Crippen LogP contribution is -2.51. The van der Waals surface area contributed by atoms with Gasteiger partial charge in [-0.05, 0) is 34.8 Å². The monoisotopic (exact) mass is 320 g/mol. The molecule has 2 N–H and O–H groups in total. The van der Waals surface area contributed by atoms with Crippen molar-refractivity contribution in [2.45, 2.75) is 13.3 Å². The predicted octanol–water partition coefficient (Wildman–Crippen LogP) is 2.67. The molecule has 1 saturated heterocycles. The zero-order chi connectivity index (χ0) is 17.1. The van der Waals surface area contributed by atoms with Crippen molar-refractivity contribution in [3.8, 4) is 11.1 Å². The van der Waals surface area contributed by atoms with Gasteiger partial charge in [-0.15, -0.1) is 0 Å². The van der Waals surface area contributed by atoms with E-state index in [9.17, 15) is 14.4 Å². The molecule has 4 amide bonds. The zero-order valence-corrected chi connectivity index (χ0v) is 13.1. The summed E-state index contributed by atoms with van der Waals surface area (Å²) in [6, 6.07) is 15.0. The van der Waals surface area contributed by atoms with Gasteiger partial charge in [0.05, 0.1) is 0 Å². The van der Waals surface area contributed by atoms with E-state index in [0.29, 0.717) is 5.56 Å². The highest BCUT2D eigenvalue weighted by molar-refractivity contribution is 6.31. The molecule has 0 bridgehead atoms. The fourth-order valence-electron chi connectivity index (χ4n) is 2.48. The van der Waals surface area contributed by atoms with Crippen LogP contribution >= 0.6 is 0 Å². The first kappa shape index (κ1) is 15.7. The van der Waals surface area contributed by atoms with Crippen molar-refractivity contribution < 1.29 is 14.4 Å². The van der Waals surface area contributed by atoms with Gasteiger partial charge in [0.2, 0.25) is 0 Å². The van der Waals surface area contributed by atoms with Crippen molar-refractivity contribution in [1.82, 2.24) is 10.6 Å². The Balaban J connectivity index is 1.84. The van der Waals surface area contributed by atoms with E-state index >= 15 is 0 Å². The number of nitrogens with one attached hydrogen (secondary N) is 2. The van der Waals surface area contributed by atoms with Gasteiger partial charge in [-0.1, -0.05) is 55.5 Å². The standard InChI is InChI=1S/C19H16N2O3/c1-2-12-3-7-14(8-4-12)15-9-5-13(6-10-15)11-16-17(22)20-19(24)21-18(16)23/h3-11H,2H2,1H3,(H2,20,21,22,23,24). The lowest BCUT2D eigenvalue weighted by molar-refractivity contribution is -0.123. The van der Waals surface area contributed by atoms with E-state index in [1.165, 1.54) is 11.6 Å². The lowest BCUT2D eigenvalue weighted by atomic mass is 10.0. The van der Waals surface area contributed by atoms with Crippen LogP contribution in [0.5, 0.6) is 0 Å². The highest BCUT2D eigenvalue weighted by Gasteiger charge is 2.27. The number of hydrogen-bond donors (Lipinski definition) is 2. The molecule has 0 aromatic heterocycles. The molecule has 120 valence electrons. The third-order valence-electron chi connectivity index (χ3n) is 3.86. The Hall–Kier alpha value is -3.21. The molecule has 0 atom stereocenters. The molecule has 0 saturated carbocycles. The molecule has 0 unspecified atom stereocenters. The number of hydrogen-bond acceptors (Lipinski definition) is 3. The van der Waals surface area contributed by atoms with Crippen molar-refractivity contribution in [1.29, 1.82) is 0 Å². The Morgan fingerprint density at radius 3 is 1.79 bits per heavy atom. The van der Waals surface area contributed by atoms with Crippen LogP contribution in [0.2, 0.25) is 0 Å². The summed E-state index contributed by atoms with van der Waals surface area (Å²) in [4.78, 5) is 34.5. The Labute approximate surface area is 139 Å². The van der Waals surface area contributed by atoms with Crippen LogP contribution in [0.15, 0.2) is 54.1 Å². The third kappa shape index (κ3) is 3.25. The molecule has 5 heteroatoms. The molecule has 2 aromatic rings. The van der Waals surface area contributed by atoms with E-state index in [0.717, 1.165) is 17.5 Å². The number of urea groups is 1. The van der Waals surface area contributed by atoms with Crippen LogP contribution in [0.3, 0.4) is 0 Å². The average Bonchev–Trinajstić information content (AvgIpc) is 2.59. The van der Waals surface area contributed by atoms with Crippen LogP contribution in [-0.2, 0) is 16.0 Å². The second kappa shape index (κ2) is 6.50. The van der Waals surface area contributed by atoms with Gasteiger partial charge in [-0.25, -0.2) is 4.79 Å². The quantitative estimate of drug-likeness (QED) is 0.674. The van der Waals surface area contributed by atoms with Crippen molar-refractivity contribution in [3.63, 3.8) is 0 Å². The van der Waals surface area contributed by atoms with Crippen LogP contribution < -0.4 is 10.6 Å². The maximum absolute atomic E-state index is 11.7. The number of rotatable bonds is 3. The van der Waals surface area contributed by atoms with Crippen molar-refractivity contribution in [3.05, 3.63) is 65.2 Å². The fourth-order valence-corrected chi connectivity index (χ4v) is 2.48. The van der Waals surface area contributed by atoms with E-state index in [4.69, 9.17) is 0 Å². The average molecular weight is 320 g/mol. The van der Waals surface area contributed by atoms with Crippen molar-refractivity contribution in [2.24, 2.45) is 0 Å². The topological polar surface area (TPSA) is 75.3 Å². The normalized spacial score (nSPS) is 14.2. The lowest BCUT2D eigenvalue weighted by Gasteiger charge is -2.13. The minimum Gasteiger partial charge on any atom is -0.273 e. The molecule has 2 aromatic carbocycles. The largest absolute Gasteiger partial charge is 0.328 e. The first-order chi connectivity index (χ1) is 11.6. The molecule has 1 fully saturated rings. The van der Waals surface area contributed by atoms with Crippen LogP contribution in [0.4, 0.5) is 4.79 Å². The summed E-state index contributed by atoms with van der Waals surface area (Å²) in [6.45, 7) is 2.11. The summed E-state index contributed by atoms with van der Waals surface area (Å²) >= 11 is 0. The maximum atomic E-state index is 11.7. The number of amides is 4. The third-order valence-corrected chi connectivity index (χ3v) is 3.86. The summed E-state index contributed by atoms with van der Waals surface area (Å²) in [7, 11) is 0. The number of barbiturate groups is 1. The van der Waals surface area contributed by atoms with Crippen molar-refractivity contribution >= 4 is 23.9 Å². The smallest absolute Gasteiger partial charge is 0.273 e. The van der Waals surface area contributed by atoms with Gasteiger partial charge in [0.25, 0.3) is 11.8 Å². The van der Waals surface area contributed by atoms with Crippen molar-refractivity contribution in [2.75, 3.05) is 0 Å². The molecular formula is C19H16N2O3. The van der Waals surface area contributed by atoms with Gasteiger partial charge in [0.1, 0.15) is 5.57 Å². The molecule has 1 heterocycles. The summed E-state index contributed by atoms with van der Waals surface area (Å²) < 4.78 is 0. The first-order valence-corrected chi connectivity index (χ1v) is 7.64. The van der Waals surface area contributed by atoms with Gasteiger partial charge in [-0.3, -0.25) is 20.2 Å². The van der Waals surface area contributed by atoms with E-state index in [1.54, 1.807) is 0 Å². The summed E-state index contributed by atoms with van der Waals surface area (Å²) in [5.74, 6) is -1.38. The highest BCUT2D eigenvalue weighted by Crippen LogP contribution is 2.21. The SMILES string of the molecule is CCc1ccc(-c2ccc(C=C3C(=O)NC(=O)NC3=O)cc2)cc1. The predicted molar refractivity (Wildman–Crippen MR) is 90.9 cm³/mol. The number of benzene rings is 2. The molecule has 0 aliphatic carbocycles. The first-order valence-electron chi connectivity index (χ1n) is 7.64. The molecule has 3 rings (SSSR count). The second-order valence-corrected chi connectivity index (χ2v) is 5.47. The number of carbonyl (C=O) groups excluding carboxylic acids is 3. The van der Waals surface area contributed by atoms with Gasteiger partial charge < -0.3 is 0 Å². The maximum Gasteiger partial charge on any atom is 0.328 e. The minimum atomic E-state index is -0.798. The highest BCUT2D eigenvalue weighted by atomic mass is 16.2. The Bertz CT molecular complexity index is 812. The van der Waals surface area contributed by atoms with E-state index < -0.39 is 17.8 Å². The molecule has 0 spiro atoms. The second-order valence-electron chi connectivity index (χ2n) is 5.47. The Kier molecular flexibility index (Phi) is 4.24. The molecule has 1 aliphatic heterocycles. The molecule has 5 nitrogen and oxygen atoms in total.